The van der Waals surface area contributed by atoms with Crippen molar-refractivity contribution >= 4 is 23.3 Å². The zero-order valence-corrected chi connectivity index (χ0v) is 18.9. The van der Waals surface area contributed by atoms with Crippen molar-refractivity contribution in [2.24, 2.45) is 0 Å². The Hall–Kier alpha value is -3.07. The van der Waals surface area contributed by atoms with Gasteiger partial charge in [-0.05, 0) is 42.3 Å². The third kappa shape index (κ3) is 6.23. The fourth-order valence-electron chi connectivity index (χ4n) is 3.11. The number of amides is 1. The molecule has 0 aliphatic rings. The highest BCUT2D eigenvalue weighted by molar-refractivity contribution is 6.30. The van der Waals surface area contributed by atoms with Crippen LogP contribution >= 0.6 is 11.6 Å². The van der Waals surface area contributed by atoms with Crippen molar-refractivity contribution in [3.8, 4) is 11.8 Å². The van der Waals surface area contributed by atoms with E-state index >= 15 is 0 Å². The largest absolute Gasteiger partial charge is 0.425 e. The summed E-state index contributed by atoms with van der Waals surface area (Å²) in [5.41, 5.74) is 2.32. The molecule has 0 aliphatic carbocycles. The Kier molecular flexibility index (Phi) is 8.49. The van der Waals surface area contributed by atoms with Gasteiger partial charge in [0.15, 0.2) is 11.5 Å². The van der Waals surface area contributed by atoms with E-state index in [1.807, 2.05) is 43.3 Å². The van der Waals surface area contributed by atoms with Crippen LogP contribution in [0, 0.1) is 6.92 Å². The molecule has 0 unspecified atom stereocenters. The predicted molar refractivity (Wildman–Crippen MR) is 124 cm³/mol. The minimum Gasteiger partial charge on any atom is -0.425 e. The number of aromatic nitrogens is 2. The fraction of sp³-hybridized carbons (Fsp3) is 0.304. The molecule has 1 heterocycles. The zero-order chi connectivity index (χ0) is 22.9. The molecule has 170 valence electrons. The Bertz CT molecular complexity index is 1040. The second-order valence-corrected chi connectivity index (χ2v) is 7.50. The molecule has 32 heavy (non-hydrogen) atoms. The molecule has 0 atom stereocenters. The Balaban J connectivity index is 1.92. The van der Waals surface area contributed by atoms with E-state index < -0.39 is 0 Å². The summed E-state index contributed by atoms with van der Waals surface area (Å²) in [4.78, 5) is 17.6. The van der Waals surface area contributed by atoms with Gasteiger partial charge in [-0.2, -0.15) is 4.98 Å². The molecular weight excluding hydrogens is 432 g/mol. The number of hydrogen-bond donors (Lipinski definition) is 3. The molecule has 3 aromatic rings. The lowest BCUT2D eigenvalue weighted by molar-refractivity contribution is 0.0833. The van der Waals surface area contributed by atoms with E-state index in [-0.39, 0.29) is 25.1 Å². The molecular formula is C23H27ClN4O4. The maximum atomic E-state index is 13.0. The number of nitrogens with zero attached hydrogens (tertiary/aromatic N) is 2. The number of aryl methyl sites for hydroxylation is 1. The third-order valence-corrected chi connectivity index (χ3v) is 4.86. The average molecular weight is 459 g/mol. The maximum absolute atomic E-state index is 13.0. The van der Waals surface area contributed by atoms with Gasteiger partial charge in [-0.1, -0.05) is 35.9 Å². The van der Waals surface area contributed by atoms with Gasteiger partial charge in [0.25, 0.3) is 5.91 Å². The topological polar surface area (TPSA) is 97.6 Å². The van der Waals surface area contributed by atoms with Crippen molar-refractivity contribution in [2.45, 2.75) is 13.5 Å². The molecule has 2 aromatic carbocycles. The number of nitrogens with one attached hydrogen (secondary N) is 2. The van der Waals surface area contributed by atoms with Crippen LogP contribution in [-0.2, 0) is 11.3 Å². The molecule has 0 spiro atoms. The highest BCUT2D eigenvalue weighted by atomic mass is 35.5. The van der Waals surface area contributed by atoms with Crippen LogP contribution in [0.1, 0.15) is 21.6 Å². The normalized spacial score (nSPS) is 10.8. The Morgan fingerprint density at radius 2 is 1.97 bits per heavy atom. The first-order valence-corrected chi connectivity index (χ1v) is 10.6. The summed E-state index contributed by atoms with van der Waals surface area (Å²) in [7, 11) is 1.70. The number of aliphatic hydroxyl groups is 1. The van der Waals surface area contributed by atoms with Crippen LogP contribution in [0.5, 0.6) is 11.8 Å². The van der Waals surface area contributed by atoms with Gasteiger partial charge in [-0.25, -0.2) is 0 Å². The Labute approximate surface area is 192 Å². The van der Waals surface area contributed by atoms with E-state index in [1.165, 1.54) is 0 Å². The summed E-state index contributed by atoms with van der Waals surface area (Å²) < 4.78 is 13.0. The standard InChI is InChI=1S/C23H27ClN4O4/c1-16-4-3-5-19(14-16)32-23-27-21(25-2)20(22(30)26-10-12-31-13-11-29)28(23)15-17-6-8-18(24)9-7-17/h3-9,14,25,29H,10-13,15H2,1-2H3,(H,26,30). The van der Waals surface area contributed by atoms with Crippen LogP contribution in [0.15, 0.2) is 48.5 Å². The first-order valence-electron chi connectivity index (χ1n) is 10.3. The molecule has 9 heteroatoms. The molecule has 3 N–H and O–H groups in total. The van der Waals surface area contributed by atoms with Crippen molar-refractivity contribution in [1.29, 1.82) is 0 Å². The van der Waals surface area contributed by atoms with Gasteiger partial charge in [0, 0.05) is 18.6 Å². The molecule has 0 saturated carbocycles. The molecule has 0 fully saturated rings. The monoisotopic (exact) mass is 458 g/mol. The number of carbonyl (C=O) groups is 1. The van der Waals surface area contributed by atoms with E-state index in [0.717, 1.165) is 11.1 Å². The summed E-state index contributed by atoms with van der Waals surface area (Å²) in [6, 6.07) is 15.3. The minimum absolute atomic E-state index is 0.0641. The van der Waals surface area contributed by atoms with E-state index in [1.54, 1.807) is 23.7 Å². The summed E-state index contributed by atoms with van der Waals surface area (Å²) in [6.07, 6.45) is 0. The van der Waals surface area contributed by atoms with E-state index in [9.17, 15) is 4.79 Å². The smallest absolute Gasteiger partial charge is 0.304 e. The molecule has 0 aliphatic heterocycles. The maximum Gasteiger partial charge on any atom is 0.304 e. The first kappa shape index (κ1) is 23.6. The second kappa shape index (κ2) is 11.5. The third-order valence-electron chi connectivity index (χ3n) is 4.60. The van der Waals surface area contributed by atoms with Gasteiger partial charge in [0.1, 0.15) is 5.75 Å². The minimum atomic E-state index is -0.317. The van der Waals surface area contributed by atoms with Crippen LogP contribution in [0.2, 0.25) is 5.02 Å². The van der Waals surface area contributed by atoms with Gasteiger partial charge in [-0.15, -0.1) is 0 Å². The van der Waals surface area contributed by atoms with Gasteiger partial charge in [0.05, 0.1) is 26.4 Å². The quantitative estimate of drug-likeness (QED) is 0.381. The van der Waals surface area contributed by atoms with Crippen molar-refractivity contribution in [3.05, 3.63) is 70.4 Å². The second-order valence-electron chi connectivity index (χ2n) is 7.06. The van der Waals surface area contributed by atoms with Crippen LogP contribution in [-0.4, -0.2) is 54.0 Å². The summed E-state index contributed by atoms with van der Waals surface area (Å²) >= 11 is 6.02. The number of rotatable bonds is 11. The molecule has 8 nitrogen and oxygen atoms in total. The van der Waals surface area contributed by atoms with Crippen molar-refractivity contribution in [1.82, 2.24) is 14.9 Å². The predicted octanol–water partition coefficient (Wildman–Crippen LogP) is 3.47. The highest BCUT2D eigenvalue weighted by Crippen LogP contribution is 2.28. The number of halogens is 1. The highest BCUT2D eigenvalue weighted by Gasteiger charge is 2.24. The molecule has 0 radical (unpaired) electrons. The van der Waals surface area contributed by atoms with Gasteiger partial charge >= 0.3 is 6.01 Å². The molecule has 1 aromatic heterocycles. The molecule has 0 saturated heterocycles. The van der Waals surface area contributed by atoms with E-state index in [2.05, 4.69) is 15.6 Å². The molecule has 1 amide bonds. The summed E-state index contributed by atoms with van der Waals surface area (Å²) in [6.45, 7) is 3.08. The van der Waals surface area contributed by atoms with E-state index in [4.69, 9.17) is 26.2 Å². The van der Waals surface area contributed by atoms with Gasteiger partial charge in [-0.3, -0.25) is 9.36 Å². The SMILES string of the molecule is CNc1nc(Oc2cccc(C)c2)n(Cc2ccc(Cl)cc2)c1C(=O)NCCOCCO. The van der Waals surface area contributed by atoms with Crippen molar-refractivity contribution in [3.63, 3.8) is 0 Å². The van der Waals surface area contributed by atoms with Crippen LogP contribution in [0.4, 0.5) is 5.82 Å². The number of ether oxygens (including phenoxy) is 2. The summed E-state index contributed by atoms with van der Waals surface area (Å²) in [5, 5.41) is 15.2. The fourth-order valence-corrected chi connectivity index (χ4v) is 3.23. The average Bonchev–Trinajstić information content (AvgIpc) is 3.12. The Morgan fingerprint density at radius 3 is 2.66 bits per heavy atom. The zero-order valence-electron chi connectivity index (χ0n) is 18.1. The number of anilines is 1. The molecule has 3 rings (SSSR count). The first-order chi connectivity index (χ1) is 15.5. The molecule has 0 bridgehead atoms. The number of benzene rings is 2. The van der Waals surface area contributed by atoms with Gasteiger partial charge < -0.3 is 25.2 Å². The van der Waals surface area contributed by atoms with Crippen LogP contribution in [0.3, 0.4) is 0 Å². The van der Waals surface area contributed by atoms with Crippen LogP contribution < -0.4 is 15.4 Å². The van der Waals surface area contributed by atoms with Crippen molar-refractivity contribution in [2.75, 3.05) is 38.7 Å². The summed E-state index contributed by atoms with van der Waals surface area (Å²) in [5.74, 6) is 0.706. The lowest BCUT2D eigenvalue weighted by atomic mass is 10.2. The van der Waals surface area contributed by atoms with Gasteiger partial charge in [0.2, 0.25) is 0 Å². The number of aliphatic hydroxyl groups excluding tert-OH is 1. The lowest BCUT2D eigenvalue weighted by Gasteiger charge is -2.13. The van der Waals surface area contributed by atoms with E-state index in [0.29, 0.717) is 42.0 Å². The van der Waals surface area contributed by atoms with Crippen molar-refractivity contribution < 1.29 is 19.4 Å². The number of hydrogen-bond acceptors (Lipinski definition) is 6. The number of carbonyl (C=O) groups excluding carboxylic acids is 1. The Morgan fingerprint density at radius 1 is 1.19 bits per heavy atom. The van der Waals surface area contributed by atoms with Crippen LogP contribution in [0.25, 0.3) is 0 Å². The number of imidazole rings is 1. The lowest BCUT2D eigenvalue weighted by Crippen LogP contribution is -2.30.